The molecule has 0 unspecified atom stereocenters. The highest BCUT2D eigenvalue weighted by Crippen LogP contribution is 2.47. The Morgan fingerprint density at radius 3 is 2.77 bits per heavy atom. The van der Waals surface area contributed by atoms with E-state index in [9.17, 15) is 0 Å². The number of aryl methyl sites for hydroxylation is 1. The zero-order chi connectivity index (χ0) is 9.47. The lowest BCUT2D eigenvalue weighted by molar-refractivity contribution is 0.700. The van der Waals surface area contributed by atoms with E-state index in [-0.39, 0.29) is 5.41 Å². The van der Waals surface area contributed by atoms with Crippen molar-refractivity contribution >= 4 is 11.6 Å². The summed E-state index contributed by atoms with van der Waals surface area (Å²) in [7, 11) is 0. The minimum Gasteiger partial charge on any atom is -0.330 e. The van der Waals surface area contributed by atoms with Crippen molar-refractivity contribution < 1.29 is 0 Å². The van der Waals surface area contributed by atoms with Crippen molar-refractivity contribution in [3.8, 4) is 0 Å². The van der Waals surface area contributed by atoms with Crippen LogP contribution < -0.4 is 5.73 Å². The Labute approximate surface area is 83.1 Å². The number of halogens is 1. The zero-order valence-electron chi connectivity index (χ0n) is 7.68. The Balaban J connectivity index is 2.37. The molecular formula is C10H13ClN2. The molecule has 1 fully saturated rings. The Morgan fingerprint density at radius 1 is 1.62 bits per heavy atom. The molecule has 1 aliphatic rings. The van der Waals surface area contributed by atoms with Gasteiger partial charge in [0.1, 0.15) is 5.15 Å². The van der Waals surface area contributed by atoms with Gasteiger partial charge in [0.2, 0.25) is 0 Å². The fraction of sp³-hybridized carbons (Fsp3) is 0.500. The molecule has 2 N–H and O–H groups in total. The summed E-state index contributed by atoms with van der Waals surface area (Å²) in [6.07, 6.45) is 4.23. The molecule has 1 heterocycles. The van der Waals surface area contributed by atoms with Crippen molar-refractivity contribution in [1.82, 2.24) is 4.98 Å². The van der Waals surface area contributed by atoms with Crippen LogP contribution in [0.15, 0.2) is 12.3 Å². The van der Waals surface area contributed by atoms with Gasteiger partial charge in [-0.25, -0.2) is 4.98 Å². The molecule has 0 atom stereocenters. The minimum atomic E-state index is 0.225. The van der Waals surface area contributed by atoms with Gasteiger partial charge < -0.3 is 5.73 Å². The summed E-state index contributed by atoms with van der Waals surface area (Å²) in [5.41, 5.74) is 8.24. The molecule has 0 bridgehead atoms. The quantitative estimate of drug-likeness (QED) is 0.736. The summed E-state index contributed by atoms with van der Waals surface area (Å²) in [6.45, 7) is 2.70. The van der Waals surface area contributed by atoms with Crippen molar-refractivity contribution in [1.29, 1.82) is 0 Å². The molecule has 0 radical (unpaired) electrons. The third-order valence-electron chi connectivity index (χ3n) is 2.87. The molecule has 0 amide bonds. The normalized spacial score (nSPS) is 18.7. The van der Waals surface area contributed by atoms with E-state index in [1.54, 1.807) is 0 Å². The summed E-state index contributed by atoms with van der Waals surface area (Å²) in [5.74, 6) is 0. The average molecular weight is 197 g/mol. The third-order valence-corrected chi connectivity index (χ3v) is 3.27. The van der Waals surface area contributed by atoms with Crippen LogP contribution in [0.5, 0.6) is 0 Å². The van der Waals surface area contributed by atoms with Crippen LogP contribution in [-0.2, 0) is 5.41 Å². The molecule has 1 aromatic rings. The maximum Gasteiger partial charge on any atom is 0.131 e. The summed E-state index contributed by atoms with van der Waals surface area (Å²) in [4.78, 5) is 4.14. The van der Waals surface area contributed by atoms with Crippen LogP contribution in [0.25, 0.3) is 0 Å². The highest BCUT2D eigenvalue weighted by Gasteiger charge is 2.43. The van der Waals surface area contributed by atoms with Gasteiger partial charge in [0.15, 0.2) is 0 Å². The van der Waals surface area contributed by atoms with E-state index >= 15 is 0 Å². The maximum atomic E-state index is 5.85. The van der Waals surface area contributed by atoms with Crippen molar-refractivity contribution in [3.63, 3.8) is 0 Å². The predicted octanol–water partition coefficient (Wildman–Crippen LogP) is 2.03. The highest BCUT2D eigenvalue weighted by molar-refractivity contribution is 6.30. The number of nitrogens with zero attached hydrogens (tertiary/aromatic N) is 1. The molecule has 0 aliphatic heterocycles. The molecule has 0 saturated heterocycles. The smallest absolute Gasteiger partial charge is 0.131 e. The van der Waals surface area contributed by atoms with E-state index in [0.717, 1.165) is 12.1 Å². The first kappa shape index (κ1) is 8.97. The van der Waals surface area contributed by atoms with Crippen LogP contribution in [0, 0.1) is 6.92 Å². The molecule has 0 spiro atoms. The summed E-state index contributed by atoms with van der Waals surface area (Å²) < 4.78 is 0. The van der Waals surface area contributed by atoms with E-state index in [1.807, 2.05) is 13.1 Å². The van der Waals surface area contributed by atoms with Gasteiger partial charge in [0.25, 0.3) is 0 Å². The number of aromatic nitrogens is 1. The van der Waals surface area contributed by atoms with E-state index in [4.69, 9.17) is 17.3 Å². The molecule has 1 aliphatic carbocycles. The summed E-state index contributed by atoms with van der Waals surface area (Å²) in [6, 6.07) is 2.11. The number of hydrogen-bond acceptors (Lipinski definition) is 2. The van der Waals surface area contributed by atoms with Gasteiger partial charge in [-0.3, -0.25) is 0 Å². The SMILES string of the molecule is Cc1cc(C2(CN)CC2)cnc1Cl. The van der Waals surface area contributed by atoms with E-state index in [0.29, 0.717) is 5.15 Å². The van der Waals surface area contributed by atoms with E-state index in [1.165, 1.54) is 18.4 Å². The summed E-state index contributed by atoms with van der Waals surface area (Å²) in [5, 5.41) is 0.594. The van der Waals surface area contributed by atoms with Crippen LogP contribution in [0.4, 0.5) is 0 Å². The van der Waals surface area contributed by atoms with Gasteiger partial charge in [-0.2, -0.15) is 0 Å². The van der Waals surface area contributed by atoms with Crippen LogP contribution in [0.2, 0.25) is 5.15 Å². The van der Waals surface area contributed by atoms with Gasteiger partial charge >= 0.3 is 0 Å². The minimum absolute atomic E-state index is 0.225. The monoisotopic (exact) mass is 196 g/mol. The molecule has 0 aromatic carbocycles. The third kappa shape index (κ3) is 1.45. The van der Waals surface area contributed by atoms with Crippen LogP contribution in [0.1, 0.15) is 24.0 Å². The first-order chi connectivity index (χ1) is 6.18. The zero-order valence-corrected chi connectivity index (χ0v) is 8.43. The van der Waals surface area contributed by atoms with Crippen LogP contribution >= 0.6 is 11.6 Å². The Bertz CT molecular complexity index is 332. The second-order valence-electron chi connectivity index (χ2n) is 3.82. The van der Waals surface area contributed by atoms with Crippen LogP contribution in [-0.4, -0.2) is 11.5 Å². The second-order valence-corrected chi connectivity index (χ2v) is 4.17. The molecule has 2 rings (SSSR count). The first-order valence-corrected chi connectivity index (χ1v) is 4.88. The van der Waals surface area contributed by atoms with Gasteiger partial charge in [-0.15, -0.1) is 0 Å². The molecule has 13 heavy (non-hydrogen) atoms. The van der Waals surface area contributed by atoms with Gasteiger partial charge in [0.05, 0.1) is 0 Å². The topological polar surface area (TPSA) is 38.9 Å². The van der Waals surface area contributed by atoms with Crippen molar-refractivity contribution in [2.45, 2.75) is 25.2 Å². The van der Waals surface area contributed by atoms with Crippen molar-refractivity contribution in [3.05, 3.63) is 28.5 Å². The average Bonchev–Trinajstić information content (AvgIpc) is 2.90. The van der Waals surface area contributed by atoms with Gasteiger partial charge in [-0.1, -0.05) is 17.7 Å². The largest absolute Gasteiger partial charge is 0.330 e. The lowest BCUT2D eigenvalue weighted by Crippen LogP contribution is -2.19. The van der Waals surface area contributed by atoms with Crippen molar-refractivity contribution in [2.24, 2.45) is 5.73 Å². The second kappa shape index (κ2) is 2.96. The highest BCUT2D eigenvalue weighted by atomic mass is 35.5. The maximum absolute atomic E-state index is 5.85. The Hall–Kier alpha value is -0.600. The number of nitrogens with two attached hydrogens (primary N) is 1. The molecule has 70 valence electrons. The molecule has 1 saturated carbocycles. The number of pyridine rings is 1. The molecular weight excluding hydrogens is 184 g/mol. The molecule has 2 nitrogen and oxygen atoms in total. The van der Waals surface area contributed by atoms with Gasteiger partial charge in [0, 0.05) is 18.2 Å². The fourth-order valence-electron chi connectivity index (χ4n) is 1.61. The standard InChI is InChI=1S/C10H13ClN2/c1-7-4-8(5-13-9(7)11)10(6-12)2-3-10/h4-5H,2-3,6,12H2,1H3. The Morgan fingerprint density at radius 2 is 2.31 bits per heavy atom. The number of hydrogen-bond donors (Lipinski definition) is 1. The van der Waals surface area contributed by atoms with E-state index in [2.05, 4.69) is 11.1 Å². The first-order valence-electron chi connectivity index (χ1n) is 4.51. The molecule has 3 heteroatoms. The van der Waals surface area contributed by atoms with E-state index < -0.39 is 0 Å². The predicted molar refractivity (Wildman–Crippen MR) is 54.0 cm³/mol. The fourth-order valence-corrected chi connectivity index (χ4v) is 1.71. The number of rotatable bonds is 2. The lowest BCUT2D eigenvalue weighted by Gasteiger charge is -2.12. The lowest BCUT2D eigenvalue weighted by atomic mass is 9.97. The Kier molecular flexibility index (Phi) is 2.05. The van der Waals surface area contributed by atoms with Crippen molar-refractivity contribution in [2.75, 3.05) is 6.54 Å². The van der Waals surface area contributed by atoms with Gasteiger partial charge in [-0.05, 0) is 30.9 Å². The summed E-state index contributed by atoms with van der Waals surface area (Å²) >= 11 is 5.85. The molecule has 1 aromatic heterocycles. The van der Waals surface area contributed by atoms with Crippen LogP contribution in [0.3, 0.4) is 0 Å².